The molecule has 1 aromatic carbocycles. The SMILES string of the molecule is COC(=O)c1cc(C(C)c2ccc(C(=O)OCC[Si](C)(C)C)c(F)c2)c2occc2n1. The minimum Gasteiger partial charge on any atom is -0.464 e. The Kier molecular flexibility index (Phi) is 6.59. The first-order valence-corrected chi connectivity index (χ1v) is 13.7. The van der Waals surface area contributed by atoms with Gasteiger partial charge in [-0.2, -0.15) is 0 Å². The molecule has 1 unspecified atom stereocenters. The van der Waals surface area contributed by atoms with Crippen LogP contribution in [0.15, 0.2) is 41.0 Å². The number of halogens is 1. The Labute approximate surface area is 181 Å². The zero-order valence-corrected chi connectivity index (χ0v) is 19.3. The molecule has 2 heterocycles. The summed E-state index contributed by atoms with van der Waals surface area (Å²) in [4.78, 5) is 28.5. The van der Waals surface area contributed by atoms with Crippen LogP contribution in [0, 0.1) is 5.82 Å². The van der Waals surface area contributed by atoms with E-state index >= 15 is 0 Å². The molecule has 8 heteroatoms. The molecule has 0 saturated heterocycles. The summed E-state index contributed by atoms with van der Waals surface area (Å²) < 4.78 is 30.3. The lowest BCUT2D eigenvalue weighted by Crippen LogP contribution is -2.23. The topological polar surface area (TPSA) is 78.6 Å². The van der Waals surface area contributed by atoms with Crippen LogP contribution in [-0.4, -0.2) is 38.7 Å². The standard InChI is InChI=1S/C23H26FNO5Si/c1-14(17-13-20(23(27)28-2)25-19-8-9-29-21(17)19)15-6-7-16(18(24)12-15)22(26)30-10-11-31(3,4)5/h6-9,12-14H,10-11H2,1-5H3. The van der Waals surface area contributed by atoms with Crippen molar-refractivity contribution in [2.75, 3.05) is 13.7 Å². The molecule has 2 aromatic heterocycles. The summed E-state index contributed by atoms with van der Waals surface area (Å²) in [5, 5.41) is 0. The van der Waals surface area contributed by atoms with Crippen LogP contribution in [0.25, 0.3) is 11.1 Å². The Bertz CT molecular complexity index is 1120. The van der Waals surface area contributed by atoms with E-state index in [1.54, 1.807) is 18.2 Å². The zero-order chi connectivity index (χ0) is 22.8. The smallest absolute Gasteiger partial charge is 0.356 e. The fourth-order valence-corrected chi connectivity index (χ4v) is 3.90. The van der Waals surface area contributed by atoms with Gasteiger partial charge in [0.05, 0.1) is 25.5 Å². The van der Waals surface area contributed by atoms with Gasteiger partial charge in [-0.15, -0.1) is 0 Å². The van der Waals surface area contributed by atoms with Crippen molar-refractivity contribution >= 4 is 31.1 Å². The van der Waals surface area contributed by atoms with E-state index in [0.717, 1.165) is 6.04 Å². The summed E-state index contributed by atoms with van der Waals surface area (Å²) in [5.74, 6) is -2.22. The van der Waals surface area contributed by atoms with Gasteiger partial charge in [0.15, 0.2) is 5.58 Å². The van der Waals surface area contributed by atoms with Crippen molar-refractivity contribution in [3.05, 3.63) is 64.8 Å². The van der Waals surface area contributed by atoms with Crippen molar-refractivity contribution in [1.29, 1.82) is 0 Å². The van der Waals surface area contributed by atoms with E-state index < -0.39 is 25.8 Å². The highest BCUT2D eigenvalue weighted by atomic mass is 28.3. The van der Waals surface area contributed by atoms with Crippen molar-refractivity contribution in [2.45, 2.75) is 38.5 Å². The Morgan fingerprint density at radius 2 is 1.90 bits per heavy atom. The molecule has 31 heavy (non-hydrogen) atoms. The van der Waals surface area contributed by atoms with Crippen molar-refractivity contribution in [3.63, 3.8) is 0 Å². The minimum atomic E-state index is -1.35. The van der Waals surface area contributed by atoms with Crippen LogP contribution in [0.1, 0.15) is 44.8 Å². The van der Waals surface area contributed by atoms with E-state index in [2.05, 4.69) is 24.6 Å². The van der Waals surface area contributed by atoms with E-state index in [1.807, 2.05) is 6.92 Å². The predicted octanol–water partition coefficient (Wildman–Crippen LogP) is 5.40. The lowest BCUT2D eigenvalue weighted by atomic mass is 9.91. The Balaban J connectivity index is 1.87. The summed E-state index contributed by atoms with van der Waals surface area (Å²) in [7, 11) is -0.0689. The largest absolute Gasteiger partial charge is 0.464 e. The van der Waals surface area contributed by atoms with E-state index in [0.29, 0.717) is 22.2 Å². The number of hydrogen-bond donors (Lipinski definition) is 0. The molecule has 0 bridgehead atoms. The molecule has 0 radical (unpaired) electrons. The second-order valence-corrected chi connectivity index (χ2v) is 14.3. The van der Waals surface area contributed by atoms with Gasteiger partial charge in [0, 0.05) is 25.6 Å². The van der Waals surface area contributed by atoms with Crippen molar-refractivity contribution in [2.24, 2.45) is 0 Å². The molecule has 3 rings (SSSR count). The van der Waals surface area contributed by atoms with Crippen LogP contribution in [0.2, 0.25) is 25.7 Å². The van der Waals surface area contributed by atoms with Crippen molar-refractivity contribution in [1.82, 2.24) is 4.98 Å². The number of esters is 2. The first kappa shape index (κ1) is 22.7. The molecule has 0 fully saturated rings. The third-order valence-electron chi connectivity index (χ3n) is 5.10. The minimum absolute atomic E-state index is 0.0975. The van der Waals surface area contributed by atoms with E-state index in [4.69, 9.17) is 13.9 Å². The molecule has 0 amide bonds. The number of fused-ring (bicyclic) bond motifs is 1. The second-order valence-electron chi connectivity index (χ2n) is 8.63. The molecule has 6 nitrogen and oxygen atoms in total. The number of methoxy groups -OCH3 is 1. The predicted molar refractivity (Wildman–Crippen MR) is 118 cm³/mol. The van der Waals surface area contributed by atoms with Gasteiger partial charge in [-0.25, -0.2) is 19.0 Å². The number of rotatable bonds is 7. The quantitative estimate of drug-likeness (QED) is 0.359. The summed E-state index contributed by atoms with van der Waals surface area (Å²) in [6.45, 7) is 8.68. The summed E-state index contributed by atoms with van der Waals surface area (Å²) in [5.41, 5.74) is 2.35. The maximum absolute atomic E-state index is 14.8. The number of furan rings is 1. The normalized spacial score (nSPS) is 12.6. The van der Waals surface area contributed by atoms with Gasteiger partial charge in [-0.05, 0) is 29.8 Å². The van der Waals surface area contributed by atoms with Crippen LogP contribution >= 0.6 is 0 Å². The van der Waals surface area contributed by atoms with Gasteiger partial charge < -0.3 is 13.9 Å². The lowest BCUT2D eigenvalue weighted by Gasteiger charge is -2.16. The fourth-order valence-electron chi connectivity index (χ4n) is 3.19. The monoisotopic (exact) mass is 443 g/mol. The van der Waals surface area contributed by atoms with E-state index in [-0.39, 0.29) is 23.8 Å². The number of pyridine rings is 1. The Morgan fingerprint density at radius 1 is 1.16 bits per heavy atom. The number of aromatic nitrogens is 1. The molecule has 0 aliphatic rings. The van der Waals surface area contributed by atoms with E-state index in [1.165, 1.54) is 25.5 Å². The summed E-state index contributed by atoms with van der Waals surface area (Å²) in [6.07, 6.45) is 1.48. The number of carbonyl (C=O) groups excluding carboxylic acids is 2. The zero-order valence-electron chi connectivity index (χ0n) is 18.3. The summed E-state index contributed by atoms with van der Waals surface area (Å²) in [6, 6.07) is 8.47. The summed E-state index contributed by atoms with van der Waals surface area (Å²) >= 11 is 0. The number of ether oxygens (including phenoxy) is 2. The molecule has 0 spiro atoms. The van der Waals surface area contributed by atoms with Gasteiger partial charge >= 0.3 is 11.9 Å². The average Bonchev–Trinajstić information content (AvgIpc) is 3.19. The maximum Gasteiger partial charge on any atom is 0.356 e. The Hall–Kier alpha value is -3.00. The molecule has 3 aromatic rings. The highest BCUT2D eigenvalue weighted by Gasteiger charge is 2.22. The fraction of sp³-hybridized carbons (Fsp3) is 0.348. The van der Waals surface area contributed by atoms with Gasteiger partial charge in [-0.1, -0.05) is 32.6 Å². The second kappa shape index (κ2) is 9.01. The van der Waals surface area contributed by atoms with Crippen LogP contribution in [0.5, 0.6) is 0 Å². The van der Waals surface area contributed by atoms with Crippen LogP contribution in [0.3, 0.4) is 0 Å². The number of benzene rings is 1. The van der Waals surface area contributed by atoms with Crippen molar-refractivity contribution in [3.8, 4) is 0 Å². The molecular formula is C23H26FNO5Si. The molecule has 0 saturated carbocycles. The Morgan fingerprint density at radius 3 is 2.55 bits per heavy atom. The third kappa shape index (κ3) is 5.19. The number of nitrogens with zero attached hydrogens (tertiary/aromatic N) is 1. The highest BCUT2D eigenvalue weighted by molar-refractivity contribution is 6.76. The van der Waals surface area contributed by atoms with Gasteiger partial charge in [0.2, 0.25) is 0 Å². The highest BCUT2D eigenvalue weighted by Crippen LogP contribution is 2.32. The van der Waals surface area contributed by atoms with Gasteiger partial charge in [0.1, 0.15) is 17.0 Å². The molecule has 0 aliphatic heterocycles. The third-order valence-corrected chi connectivity index (χ3v) is 6.80. The average molecular weight is 444 g/mol. The van der Waals surface area contributed by atoms with Crippen molar-refractivity contribution < 1.29 is 27.9 Å². The van der Waals surface area contributed by atoms with Gasteiger partial charge in [-0.3, -0.25) is 0 Å². The first-order chi connectivity index (χ1) is 14.6. The van der Waals surface area contributed by atoms with Gasteiger partial charge in [0.25, 0.3) is 0 Å². The van der Waals surface area contributed by atoms with Crippen LogP contribution in [0.4, 0.5) is 4.39 Å². The van der Waals surface area contributed by atoms with Crippen LogP contribution < -0.4 is 0 Å². The molecule has 0 aliphatic carbocycles. The number of hydrogen-bond acceptors (Lipinski definition) is 6. The molecule has 164 valence electrons. The molecule has 1 atom stereocenters. The maximum atomic E-state index is 14.8. The lowest BCUT2D eigenvalue weighted by molar-refractivity contribution is 0.0518. The van der Waals surface area contributed by atoms with Crippen LogP contribution in [-0.2, 0) is 9.47 Å². The molecular weight excluding hydrogens is 417 g/mol. The first-order valence-electron chi connectivity index (χ1n) is 10.0. The number of carbonyl (C=O) groups is 2. The van der Waals surface area contributed by atoms with E-state index in [9.17, 15) is 14.0 Å². The molecule has 0 N–H and O–H groups in total.